The van der Waals surface area contributed by atoms with E-state index in [0.717, 1.165) is 11.1 Å². The number of rotatable bonds is 7. The molecule has 3 heterocycles. The number of alkyl halides is 1. The molecule has 2 aliphatic rings. The predicted octanol–water partition coefficient (Wildman–Crippen LogP) is 1.96. The lowest BCUT2D eigenvalue weighted by atomic mass is 10.00. The topological polar surface area (TPSA) is 107 Å². The zero-order valence-electron chi connectivity index (χ0n) is 21.3. The first kappa shape index (κ1) is 26.5. The van der Waals surface area contributed by atoms with Crippen molar-refractivity contribution in [3.8, 4) is 0 Å². The van der Waals surface area contributed by atoms with E-state index < -0.39 is 30.1 Å². The van der Waals surface area contributed by atoms with Gasteiger partial charge < -0.3 is 25.8 Å². The third-order valence-electron chi connectivity index (χ3n) is 6.86. The molecule has 198 valence electrons. The minimum atomic E-state index is -1.32. The number of carbonyl (C=O) groups is 3. The van der Waals surface area contributed by atoms with E-state index in [-0.39, 0.29) is 25.5 Å². The van der Waals surface area contributed by atoms with Crippen LogP contribution in [0, 0.1) is 0 Å². The van der Waals surface area contributed by atoms with Crippen LogP contribution in [0.15, 0.2) is 48.7 Å². The third kappa shape index (κ3) is 6.62. The molecule has 3 atom stereocenters. The lowest BCUT2D eigenvalue weighted by Crippen LogP contribution is -2.53. The molecule has 10 heteroatoms. The highest BCUT2D eigenvalue weighted by atomic mass is 19.1. The molecule has 3 N–H and O–H groups in total. The number of urea groups is 1. The van der Waals surface area contributed by atoms with E-state index in [9.17, 15) is 18.8 Å². The molecular weight excluding hydrogens is 475 g/mol. The van der Waals surface area contributed by atoms with Gasteiger partial charge in [0.05, 0.1) is 24.8 Å². The van der Waals surface area contributed by atoms with Crippen LogP contribution in [0.3, 0.4) is 0 Å². The number of nitrogens with zero attached hydrogens (tertiary/aromatic N) is 3. The predicted molar refractivity (Wildman–Crippen MR) is 138 cm³/mol. The Morgan fingerprint density at radius 2 is 1.81 bits per heavy atom. The summed E-state index contributed by atoms with van der Waals surface area (Å²) in [5.74, 6) is -0.622. The zero-order valence-corrected chi connectivity index (χ0v) is 21.3. The van der Waals surface area contributed by atoms with E-state index in [1.54, 1.807) is 11.1 Å². The fourth-order valence-electron chi connectivity index (χ4n) is 4.68. The van der Waals surface area contributed by atoms with Crippen molar-refractivity contribution in [3.05, 3.63) is 65.5 Å². The molecule has 1 aromatic heterocycles. The van der Waals surface area contributed by atoms with Crippen LogP contribution in [-0.4, -0.2) is 84.1 Å². The Kier molecular flexibility index (Phi) is 8.70. The van der Waals surface area contributed by atoms with Gasteiger partial charge in [0.15, 0.2) is 0 Å². The van der Waals surface area contributed by atoms with Crippen molar-refractivity contribution in [2.45, 2.75) is 44.4 Å². The Morgan fingerprint density at radius 1 is 1.08 bits per heavy atom. The van der Waals surface area contributed by atoms with E-state index in [0.29, 0.717) is 37.8 Å². The van der Waals surface area contributed by atoms with Crippen molar-refractivity contribution in [1.29, 1.82) is 0 Å². The first-order valence-electron chi connectivity index (χ1n) is 12.8. The van der Waals surface area contributed by atoms with Gasteiger partial charge in [-0.25, -0.2) is 9.18 Å². The van der Waals surface area contributed by atoms with Gasteiger partial charge in [-0.2, -0.15) is 0 Å². The zero-order chi connectivity index (χ0) is 26.4. The quantitative estimate of drug-likeness (QED) is 0.528. The first-order chi connectivity index (χ1) is 17.8. The maximum absolute atomic E-state index is 14.4. The smallest absolute Gasteiger partial charge is 0.317 e. The fourth-order valence-corrected chi connectivity index (χ4v) is 4.68. The summed E-state index contributed by atoms with van der Waals surface area (Å²) in [5, 5.41) is 8.77. The summed E-state index contributed by atoms with van der Waals surface area (Å²) < 4.78 is 14.4. The molecule has 0 unspecified atom stereocenters. The number of piperazine rings is 1. The van der Waals surface area contributed by atoms with Crippen molar-refractivity contribution in [1.82, 2.24) is 30.7 Å². The summed E-state index contributed by atoms with van der Waals surface area (Å²) in [6.45, 7) is 6.17. The molecule has 2 aromatic rings. The molecule has 9 nitrogen and oxygen atoms in total. The standard InChI is InChI=1S/C27H35FN6O3/c1-18(2)20-8-9-22(30-15-20)25(19-6-4-3-5-7-19)32-26(36)23-14-21(28)17-34(23)24(35)16-31-27(37)33-12-10-29-11-13-33/h3-9,15,18,21,23,25,29H,10-14,16-17H2,1-2H3,(H,31,37)(H,32,36)/t21-,23+,25+/m1/s1. The second kappa shape index (κ2) is 12.1. The molecule has 0 spiro atoms. The lowest BCUT2D eigenvalue weighted by molar-refractivity contribution is -0.137. The van der Waals surface area contributed by atoms with Gasteiger partial charge in [-0.1, -0.05) is 50.2 Å². The number of carbonyl (C=O) groups excluding carboxylic acids is 3. The number of hydrogen-bond donors (Lipinski definition) is 3. The van der Waals surface area contributed by atoms with Gasteiger partial charge in [0.2, 0.25) is 11.8 Å². The number of nitrogens with one attached hydrogen (secondary N) is 3. The van der Waals surface area contributed by atoms with Crippen LogP contribution in [0.4, 0.5) is 9.18 Å². The van der Waals surface area contributed by atoms with E-state index in [1.165, 1.54) is 4.90 Å². The molecule has 4 amide bonds. The molecule has 4 rings (SSSR count). The average Bonchev–Trinajstić information content (AvgIpc) is 3.33. The van der Waals surface area contributed by atoms with Gasteiger partial charge in [-0.15, -0.1) is 0 Å². The van der Waals surface area contributed by atoms with E-state index >= 15 is 0 Å². The van der Waals surface area contributed by atoms with E-state index in [4.69, 9.17) is 0 Å². The highest BCUT2D eigenvalue weighted by Crippen LogP contribution is 2.25. The lowest BCUT2D eigenvalue weighted by Gasteiger charge is -2.29. The summed E-state index contributed by atoms with van der Waals surface area (Å²) in [7, 11) is 0. The molecule has 2 fully saturated rings. The third-order valence-corrected chi connectivity index (χ3v) is 6.86. The summed E-state index contributed by atoms with van der Waals surface area (Å²) in [5.41, 5.74) is 2.56. The molecule has 2 saturated heterocycles. The van der Waals surface area contributed by atoms with E-state index in [2.05, 4.69) is 34.8 Å². The molecule has 2 aliphatic heterocycles. The minimum Gasteiger partial charge on any atom is -0.342 e. The number of likely N-dealkylation sites (tertiary alicyclic amines) is 1. The SMILES string of the molecule is CC(C)c1ccc([C@@H](NC(=O)[C@@H]2C[C@@H](F)CN2C(=O)CNC(=O)N2CCNCC2)c2ccccc2)nc1. The van der Waals surface area contributed by atoms with Crippen LogP contribution in [0.5, 0.6) is 0 Å². The van der Waals surface area contributed by atoms with Crippen LogP contribution >= 0.6 is 0 Å². The number of pyridine rings is 1. The summed E-state index contributed by atoms with van der Waals surface area (Å²) in [6.07, 6.45) is 0.388. The van der Waals surface area contributed by atoms with Gasteiger partial charge in [0.25, 0.3) is 0 Å². The number of benzene rings is 1. The van der Waals surface area contributed by atoms with Gasteiger partial charge in [0.1, 0.15) is 12.2 Å². The normalized spacial score (nSPS) is 20.5. The second-order valence-electron chi connectivity index (χ2n) is 9.81. The molecular formula is C27H35FN6O3. The van der Waals surface area contributed by atoms with Crippen molar-refractivity contribution < 1.29 is 18.8 Å². The number of aromatic nitrogens is 1. The summed E-state index contributed by atoms with van der Waals surface area (Å²) >= 11 is 0. The van der Waals surface area contributed by atoms with Crippen molar-refractivity contribution in [2.24, 2.45) is 0 Å². The molecule has 0 radical (unpaired) electrons. The Hall–Kier alpha value is -3.53. The highest BCUT2D eigenvalue weighted by Gasteiger charge is 2.40. The minimum absolute atomic E-state index is 0.0927. The molecule has 0 saturated carbocycles. The fraction of sp³-hybridized carbons (Fsp3) is 0.481. The highest BCUT2D eigenvalue weighted by molar-refractivity contribution is 5.91. The van der Waals surface area contributed by atoms with Crippen molar-refractivity contribution >= 4 is 17.8 Å². The molecule has 37 heavy (non-hydrogen) atoms. The Balaban J connectivity index is 1.45. The van der Waals surface area contributed by atoms with Crippen LogP contribution in [-0.2, 0) is 9.59 Å². The van der Waals surface area contributed by atoms with Gasteiger partial charge in [-0.05, 0) is 23.1 Å². The maximum atomic E-state index is 14.4. The van der Waals surface area contributed by atoms with Crippen molar-refractivity contribution in [2.75, 3.05) is 39.3 Å². The Bertz CT molecular complexity index is 1080. The average molecular weight is 511 g/mol. The number of halogens is 1. The van der Waals surface area contributed by atoms with Gasteiger partial charge in [-0.3, -0.25) is 14.6 Å². The van der Waals surface area contributed by atoms with Crippen LogP contribution in [0.25, 0.3) is 0 Å². The molecule has 0 aliphatic carbocycles. The maximum Gasteiger partial charge on any atom is 0.317 e. The summed E-state index contributed by atoms with van der Waals surface area (Å²) in [6, 6.07) is 11.4. The molecule has 1 aromatic carbocycles. The second-order valence-corrected chi connectivity index (χ2v) is 9.81. The van der Waals surface area contributed by atoms with Crippen LogP contribution < -0.4 is 16.0 Å². The number of amides is 4. The Morgan fingerprint density at radius 3 is 2.46 bits per heavy atom. The van der Waals surface area contributed by atoms with Gasteiger partial charge >= 0.3 is 6.03 Å². The Labute approximate surface area is 216 Å². The summed E-state index contributed by atoms with van der Waals surface area (Å²) in [4.78, 5) is 46.2. The number of hydrogen-bond acceptors (Lipinski definition) is 5. The van der Waals surface area contributed by atoms with Crippen LogP contribution in [0.2, 0.25) is 0 Å². The van der Waals surface area contributed by atoms with E-state index in [1.807, 2.05) is 42.5 Å². The molecule has 0 bridgehead atoms. The van der Waals surface area contributed by atoms with Gasteiger partial charge in [0, 0.05) is 38.8 Å². The van der Waals surface area contributed by atoms with Crippen LogP contribution in [0.1, 0.15) is 49.0 Å². The van der Waals surface area contributed by atoms with Crippen molar-refractivity contribution in [3.63, 3.8) is 0 Å². The first-order valence-corrected chi connectivity index (χ1v) is 12.8. The monoisotopic (exact) mass is 510 g/mol. The largest absolute Gasteiger partial charge is 0.342 e.